The van der Waals surface area contributed by atoms with Crippen LogP contribution in [-0.2, 0) is 30.0 Å². The van der Waals surface area contributed by atoms with E-state index in [-0.39, 0.29) is 20.4 Å². The van der Waals surface area contributed by atoms with Gasteiger partial charge in [0, 0.05) is 33.3 Å². The first kappa shape index (κ1) is 27.4. The number of hydrogen-bond acceptors (Lipinski definition) is 2. The Bertz CT molecular complexity index is 282. The zero-order valence-corrected chi connectivity index (χ0v) is 17.2. The van der Waals surface area contributed by atoms with Crippen molar-refractivity contribution in [2.24, 2.45) is 10.8 Å². The second kappa shape index (κ2) is 14.0. The molecular weight excluding hydrogens is 387 g/mol. The van der Waals surface area contributed by atoms with Gasteiger partial charge in [0.15, 0.2) is 0 Å². The van der Waals surface area contributed by atoms with Crippen molar-refractivity contribution in [3.63, 3.8) is 0 Å². The minimum absolute atomic E-state index is 0. The molecule has 0 unspecified atom stereocenters. The summed E-state index contributed by atoms with van der Waals surface area (Å²) in [7, 11) is 0. The zero-order chi connectivity index (χ0) is 17.8. The van der Waals surface area contributed by atoms with Crippen molar-refractivity contribution in [3.8, 4) is 0 Å². The summed E-state index contributed by atoms with van der Waals surface area (Å²) >= 11 is 0. The van der Waals surface area contributed by atoms with Gasteiger partial charge in [0.2, 0.25) is 0 Å². The van der Waals surface area contributed by atoms with Gasteiger partial charge in [-0.3, -0.25) is 9.59 Å². The summed E-state index contributed by atoms with van der Waals surface area (Å²) in [6.45, 7) is 13.0. The van der Waals surface area contributed by atoms with Gasteiger partial charge in [0.1, 0.15) is 0 Å². The van der Waals surface area contributed by atoms with Crippen LogP contribution in [0.4, 0.5) is 0 Å². The first-order valence-corrected chi connectivity index (χ1v) is 8.27. The smallest absolute Gasteiger partial charge is 0.303 e. The Morgan fingerprint density at radius 1 is 0.652 bits per heavy atom. The van der Waals surface area contributed by atoms with Crippen LogP contribution in [0.1, 0.15) is 92.9 Å². The average Bonchev–Trinajstić information content (AvgIpc) is 2.28. The Morgan fingerprint density at radius 3 is 1.09 bits per heavy atom. The number of hydrogen-bond donors (Lipinski definition) is 2. The maximum atomic E-state index is 10.1. The van der Waals surface area contributed by atoms with Gasteiger partial charge >= 0.3 is 11.9 Å². The van der Waals surface area contributed by atoms with Crippen LogP contribution in [0.25, 0.3) is 0 Å². The first-order chi connectivity index (χ1) is 9.83. The molecule has 0 spiro atoms. The molecule has 0 radical (unpaired) electrons. The van der Waals surface area contributed by atoms with Crippen molar-refractivity contribution >= 4 is 11.9 Å². The van der Waals surface area contributed by atoms with E-state index in [2.05, 4.69) is 41.5 Å². The molecule has 23 heavy (non-hydrogen) atoms. The summed E-state index contributed by atoms with van der Waals surface area (Å²) in [5, 5.41) is 16.7. The summed E-state index contributed by atoms with van der Waals surface area (Å²) in [6, 6.07) is 0. The number of carbonyl (C=O) groups is 2. The molecule has 0 aromatic heterocycles. The number of carboxylic acid groups (broad SMARTS) is 2. The standard InChI is InChI=1S/2C9H18O2.Pd/c2*1-9(2,3)7-5-4-6-8(10)11;/h2*4-7H2,1-3H3,(H,10,11);. The van der Waals surface area contributed by atoms with Gasteiger partial charge in [0.25, 0.3) is 0 Å². The van der Waals surface area contributed by atoms with Crippen LogP contribution >= 0.6 is 0 Å². The van der Waals surface area contributed by atoms with E-state index in [9.17, 15) is 9.59 Å². The van der Waals surface area contributed by atoms with Gasteiger partial charge in [-0.05, 0) is 36.5 Å². The molecule has 0 heterocycles. The Balaban J connectivity index is -0.000000333. The summed E-state index contributed by atoms with van der Waals surface area (Å²) in [6.07, 6.45) is 6.53. The van der Waals surface area contributed by atoms with Gasteiger partial charge < -0.3 is 10.2 Å². The summed E-state index contributed by atoms with van der Waals surface area (Å²) in [4.78, 5) is 20.2. The fourth-order valence-corrected chi connectivity index (χ4v) is 1.86. The maximum Gasteiger partial charge on any atom is 0.303 e. The molecule has 0 saturated heterocycles. The Hall–Kier alpha value is -0.398. The molecule has 0 saturated carbocycles. The van der Waals surface area contributed by atoms with E-state index in [0.717, 1.165) is 38.5 Å². The van der Waals surface area contributed by atoms with Crippen LogP contribution in [0.2, 0.25) is 0 Å². The topological polar surface area (TPSA) is 74.6 Å². The maximum absolute atomic E-state index is 10.1. The molecule has 5 heteroatoms. The average molecular weight is 423 g/mol. The van der Waals surface area contributed by atoms with Gasteiger partial charge in [-0.1, -0.05) is 54.4 Å². The molecule has 0 aromatic carbocycles. The van der Waals surface area contributed by atoms with Crippen LogP contribution in [-0.4, -0.2) is 22.2 Å². The van der Waals surface area contributed by atoms with Crippen molar-refractivity contribution < 1.29 is 40.2 Å². The number of carboxylic acids is 2. The van der Waals surface area contributed by atoms with Crippen molar-refractivity contribution in [3.05, 3.63) is 0 Å². The quantitative estimate of drug-likeness (QED) is 0.408. The van der Waals surface area contributed by atoms with E-state index in [4.69, 9.17) is 10.2 Å². The molecule has 0 aliphatic rings. The van der Waals surface area contributed by atoms with E-state index >= 15 is 0 Å². The molecule has 0 amide bonds. The molecule has 0 bridgehead atoms. The Kier molecular flexibility index (Phi) is 16.7. The predicted octanol–water partition coefficient (Wildman–Crippen LogP) is 5.35. The molecule has 0 aliphatic carbocycles. The van der Waals surface area contributed by atoms with Crippen LogP contribution < -0.4 is 0 Å². The second-order valence-corrected chi connectivity index (χ2v) is 8.32. The van der Waals surface area contributed by atoms with E-state index < -0.39 is 11.9 Å². The third-order valence-electron chi connectivity index (χ3n) is 3.13. The summed E-state index contributed by atoms with van der Waals surface area (Å²) in [5.74, 6) is -1.36. The normalized spacial score (nSPS) is 11.0. The summed E-state index contributed by atoms with van der Waals surface area (Å²) < 4.78 is 0. The van der Waals surface area contributed by atoms with Gasteiger partial charge in [-0.25, -0.2) is 0 Å². The SMILES string of the molecule is CC(C)(C)CCCCC(=O)O.CC(C)(C)CCCCC(=O)O.[Pd]. The van der Waals surface area contributed by atoms with E-state index in [1.807, 2.05) is 0 Å². The van der Waals surface area contributed by atoms with Gasteiger partial charge in [0.05, 0.1) is 0 Å². The molecule has 142 valence electrons. The number of rotatable bonds is 8. The van der Waals surface area contributed by atoms with Gasteiger partial charge in [-0.15, -0.1) is 0 Å². The Morgan fingerprint density at radius 2 is 0.913 bits per heavy atom. The van der Waals surface area contributed by atoms with Crippen LogP contribution in [0, 0.1) is 10.8 Å². The third kappa shape index (κ3) is 34.1. The van der Waals surface area contributed by atoms with E-state index in [0.29, 0.717) is 23.7 Å². The molecule has 0 aromatic rings. The van der Waals surface area contributed by atoms with Crippen molar-refractivity contribution in [1.82, 2.24) is 0 Å². The molecular formula is C18H36O4Pd. The summed E-state index contributed by atoms with van der Waals surface area (Å²) in [5.41, 5.74) is 0.691. The van der Waals surface area contributed by atoms with Crippen molar-refractivity contribution in [2.45, 2.75) is 92.9 Å². The van der Waals surface area contributed by atoms with E-state index in [1.165, 1.54) is 0 Å². The van der Waals surface area contributed by atoms with Gasteiger partial charge in [-0.2, -0.15) is 0 Å². The van der Waals surface area contributed by atoms with Crippen molar-refractivity contribution in [2.75, 3.05) is 0 Å². The van der Waals surface area contributed by atoms with E-state index in [1.54, 1.807) is 0 Å². The van der Waals surface area contributed by atoms with Crippen LogP contribution in [0.3, 0.4) is 0 Å². The largest absolute Gasteiger partial charge is 0.481 e. The minimum atomic E-state index is -0.682. The fourth-order valence-electron chi connectivity index (χ4n) is 1.86. The molecule has 4 nitrogen and oxygen atoms in total. The second-order valence-electron chi connectivity index (χ2n) is 8.32. The molecule has 0 atom stereocenters. The molecule has 0 fully saturated rings. The van der Waals surface area contributed by atoms with Crippen molar-refractivity contribution in [1.29, 1.82) is 0 Å². The first-order valence-electron chi connectivity index (χ1n) is 8.27. The zero-order valence-electron chi connectivity index (χ0n) is 15.7. The number of unbranched alkanes of at least 4 members (excludes halogenated alkanes) is 2. The number of aliphatic carboxylic acids is 2. The molecule has 2 N–H and O–H groups in total. The monoisotopic (exact) mass is 422 g/mol. The predicted molar refractivity (Wildman–Crippen MR) is 91.1 cm³/mol. The van der Waals surface area contributed by atoms with Crippen LogP contribution in [0.5, 0.6) is 0 Å². The fraction of sp³-hybridized carbons (Fsp3) is 0.889. The Labute approximate surface area is 156 Å². The van der Waals surface area contributed by atoms with Crippen LogP contribution in [0.15, 0.2) is 0 Å². The minimum Gasteiger partial charge on any atom is -0.481 e. The molecule has 0 rings (SSSR count). The third-order valence-corrected chi connectivity index (χ3v) is 3.13. The molecule has 0 aliphatic heterocycles.